The number of hydrogen-bond donors (Lipinski definition) is 1. The Bertz CT molecular complexity index is 940. The van der Waals surface area contributed by atoms with Gasteiger partial charge in [-0.05, 0) is 89.0 Å². The van der Waals surface area contributed by atoms with Gasteiger partial charge in [-0.25, -0.2) is 13.1 Å². The maximum absolute atomic E-state index is 13.0. The maximum Gasteiger partial charge on any atom is 0.254 e. The number of aromatic nitrogens is 1. The van der Waals surface area contributed by atoms with Crippen molar-refractivity contribution < 1.29 is 13.2 Å². The van der Waals surface area contributed by atoms with E-state index < -0.39 is 10.0 Å². The second kappa shape index (κ2) is 8.06. The van der Waals surface area contributed by atoms with Gasteiger partial charge in [0.25, 0.3) is 5.56 Å². The number of nitrogens with zero attached hydrogens (tertiary/aromatic N) is 1. The lowest BCUT2D eigenvalue weighted by Gasteiger charge is -2.37. The average Bonchev–Trinajstić information content (AvgIpc) is 3.62. The van der Waals surface area contributed by atoms with E-state index in [0.29, 0.717) is 25.0 Å². The van der Waals surface area contributed by atoms with Crippen LogP contribution < -0.4 is 10.3 Å². The monoisotopic (exact) mass is 434 g/mol. The van der Waals surface area contributed by atoms with Gasteiger partial charge in [-0.2, -0.15) is 0 Å². The minimum absolute atomic E-state index is 0.0196. The van der Waals surface area contributed by atoms with Crippen LogP contribution in [0.4, 0.5) is 0 Å². The fraction of sp³-hybridized carbons (Fsp3) is 0.783. The third kappa shape index (κ3) is 4.26. The van der Waals surface area contributed by atoms with Gasteiger partial charge < -0.3 is 9.30 Å². The zero-order valence-corrected chi connectivity index (χ0v) is 18.7. The highest BCUT2D eigenvalue weighted by Crippen LogP contribution is 2.44. The summed E-state index contributed by atoms with van der Waals surface area (Å²) in [5, 5.41) is -0.257. The van der Waals surface area contributed by atoms with Crippen LogP contribution in [0.2, 0.25) is 0 Å². The summed E-state index contributed by atoms with van der Waals surface area (Å²) in [6.07, 6.45) is 10.6. The van der Waals surface area contributed by atoms with Crippen LogP contribution in [0.5, 0.6) is 0 Å². The standard InChI is InChI=1S/C23H34N2O4S/c1-15-2-7-18-8-13-21(24-30(27,28)20-11-12-20)22(25(18)23(15)26)14-29-19-9-5-17(6-10-19)16-3-4-16/h2,7,16-17,19-22,24H,3-6,8-14H2,1H3/t17?,19?,21-,22+/m0/s1. The number of pyridine rings is 1. The van der Waals surface area contributed by atoms with Gasteiger partial charge >= 0.3 is 0 Å². The summed E-state index contributed by atoms with van der Waals surface area (Å²) in [4.78, 5) is 13.0. The summed E-state index contributed by atoms with van der Waals surface area (Å²) < 4.78 is 36.4. The van der Waals surface area contributed by atoms with Crippen LogP contribution in [-0.4, -0.2) is 37.0 Å². The van der Waals surface area contributed by atoms with E-state index in [2.05, 4.69) is 4.72 Å². The van der Waals surface area contributed by atoms with Crippen molar-refractivity contribution in [3.8, 4) is 0 Å². The molecule has 3 aliphatic carbocycles. The molecule has 0 bridgehead atoms. The Hall–Kier alpha value is -1.18. The van der Waals surface area contributed by atoms with E-state index in [1.807, 2.05) is 23.6 Å². The van der Waals surface area contributed by atoms with Gasteiger partial charge in [0, 0.05) is 17.3 Å². The van der Waals surface area contributed by atoms with Crippen LogP contribution in [-0.2, 0) is 21.2 Å². The van der Waals surface area contributed by atoms with Gasteiger partial charge in [0.1, 0.15) is 0 Å². The number of fused-ring (bicyclic) bond motifs is 1. The van der Waals surface area contributed by atoms with Crippen LogP contribution in [0.1, 0.15) is 75.1 Å². The quantitative estimate of drug-likeness (QED) is 0.715. The van der Waals surface area contributed by atoms with Crippen molar-refractivity contribution in [1.82, 2.24) is 9.29 Å². The van der Waals surface area contributed by atoms with Crippen molar-refractivity contribution in [1.29, 1.82) is 0 Å². The molecule has 0 aromatic carbocycles. The molecule has 1 aromatic heterocycles. The third-order valence-corrected chi connectivity index (χ3v) is 9.67. The van der Waals surface area contributed by atoms with Crippen molar-refractivity contribution >= 4 is 10.0 Å². The number of rotatable bonds is 7. The zero-order chi connectivity index (χ0) is 20.9. The predicted octanol–water partition coefficient (Wildman–Crippen LogP) is 3.08. The number of aryl methyl sites for hydroxylation is 2. The SMILES string of the molecule is Cc1ccc2n(c1=O)[C@H](COC1CCC(C3CC3)CC1)[C@@H](NS(=O)(=O)C1CC1)CC2. The Morgan fingerprint density at radius 3 is 2.30 bits per heavy atom. The first-order valence-electron chi connectivity index (χ1n) is 11.8. The smallest absolute Gasteiger partial charge is 0.254 e. The molecule has 1 aliphatic heterocycles. The topological polar surface area (TPSA) is 77.4 Å². The molecule has 0 saturated heterocycles. The molecule has 3 fully saturated rings. The van der Waals surface area contributed by atoms with Crippen LogP contribution in [0.25, 0.3) is 0 Å². The van der Waals surface area contributed by atoms with E-state index >= 15 is 0 Å². The van der Waals surface area contributed by atoms with Crippen molar-refractivity contribution in [3.63, 3.8) is 0 Å². The second-order valence-electron chi connectivity index (χ2n) is 9.97. The van der Waals surface area contributed by atoms with E-state index in [4.69, 9.17) is 4.74 Å². The fourth-order valence-corrected chi connectivity index (χ4v) is 7.13. The van der Waals surface area contributed by atoms with E-state index in [1.165, 1.54) is 25.7 Å². The number of sulfonamides is 1. The molecule has 166 valence electrons. The molecular weight excluding hydrogens is 400 g/mol. The molecule has 0 spiro atoms. The minimum atomic E-state index is -3.32. The Morgan fingerprint density at radius 2 is 1.67 bits per heavy atom. The van der Waals surface area contributed by atoms with Gasteiger partial charge in [0.2, 0.25) is 10.0 Å². The summed E-state index contributed by atoms with van der Waals surface area (Å²) in [6, 6.07) is 3.32. The molecule has 2 atom stereocenters. The Labute approximate surface area is 179 Å². The molecule has 3 saturated carbocycles. The highest BCUT2D eigenvalue weighted by atomic mass is 32.2. The lowest BCUT2D eigenvalue weighted by Crippen LogP contribution is -2.50. The molecule has 4 aliphatic rings. The van der Waals surface area contributed by atoms with E-state index in [0.717, 1.165) is 43.2 Å². The number of hydrogen-bond acceptors (Lipinski definition) is 4. The fourth-order valence-electron chi connectivity index (χ4n) is 5.48. The van der Waals surface area contributed by atoms with E-state index in [-0.39, 0.29) is 29.0 Å². The Balaban J connectivity index is 1.33. The summed E-state index contributed by atoms with van der Waals surface area (Å²) in [5.41, 5.74) is 1.66. The van der Waals surface area contributed by atoms with Gasteiger partial charge in [0.15, 0.2) is 0 Å². The first kappa shape index (κ1) is 20.7. The summed E-state index contributed by atoms with van der Waals surface area (Å²) >= 11 is 0. The van der Waals surface area contributed by atoms with Crippen molar-refractivity contribution in [3.05, 3.63) is 33.7 Å². The average molecular weight is 435 g/mol. The first-order chi connectivity index (χ1) is 14.4. The summed E-state index contributed by atoms with van der Waals surface area (Å²) in [6.45, 7) is 2.22. The second-order valence-corrected chi connectivity index (χ2v) is 12.0. The molecule has 0 unspecified atom stereocenters. The Kier molecular flexibility index (Phi) is 5.57. The number of nitrogens with one attached hydrogen (secondary N) is 1. The van der Waals surface area contributed by atoms with E-state index in [9.17, 15) is 13.2 Å². The van der Waals surface area contributed by atoms with Crippen molar-refractivity contribution in [2.24, 2.45) is 11.8 Å². The maximum atomic E-state index is 13.0. The van der Waals surface area contributed by atoms with Gasteiger partial charge in [-0.15, -0.1) is 0 Å². The highest BCUT2D eigenvalue weighted by molar-refractivity contribution is 7.90. The molecule has 1 N–H and O–H groups in total. The van der Waals surface area contributed by atoms with Gasteiger partial charge in [-0.1, -0.05) is 6.07 Å². The molecule has 30 heavy (non-hydrogen) atoms. The molecule has 1 aromatic rings. The lowest BCUT2D eigenvalue weighted by atomic mass is 9.84. The summed E-state index contributed by atoms with van der Waals surface area (Å²) in [7, 11) is -3.32. The van der Waals surface area contributed by atoms with Gasteiger partial charge in [-0.3, -0.25) is 4.79 Å². The summed E-state index contributed by atoms with van der Waals surface area (Å²) in [5.74, 6) is 1.84. The van der Waals surface area contributed by atoms with Crippen LogP contribution in [0.15, 0.2) is 16.9 Å². The van der Waals surface area contributed by atoms with Crippen molar-refractivity contribution in [2.75, 3.05) is 6.61 Å². The zero-order valence-electron chi connectivity index (χ0n) is 17.9. The molecular formula is C23H34N2O4S. The van der Waals surface area contributed by atoms with E-state index in [1.54, 1.807) is 0 Å². The normalized spacial score (nSPS) is 32.0. The first-order valence-corrected chi connectivity index (χ1v) is 13.3. The van der Waals surface area contributed by atoms with Crippen molar-refractivity contribution in [2.45, 2.75) is 94.6 Å². The highest BCUT2D eigenvalue weighted by Gasteiger charge is 2.41. The van der Waals surface area contributed by atoms with Crippen LogP contribution >= 0.6 is 0 Å². The molecule has 0 radical (unpaired) electrons. The number of ether oxygens (including phenoxy) is 1. The third-order valence-electron chi connectivity index (χ3n) is 7.69. The molecule has 6 nitrogen and oxygen atoms in total. The Morgan fingerprint density at radius 1 is 1.00 bits per heavy atom. The minimum Gasteiger partial charge on any atom is -0.376 e. The molecule has 7 heteroatoms. The van der Waals surface area contributed by atoms with Crippen LogP contribution in [0.3, 0.4) is 0 Å². The molecule has 0 amide bonds. The molecule has 2 heterocycles. The van der Waals surface area contributed by atoms with Gasteiger partial charge in [0.05, 0.1) is 24.0 Å². The lowest BCUT2D eigenvalue weighted by molar-refractivity contribution is -0.00839. The molecule has 5 rings (SSSR count). The predicted molar refractivity (Wildman–Crippen MR) is 116 cm³/mol. The van der Waals surface area contributed by atoms with Crippen LogP contribution in [0, 0.1) is 18.8 Å². The largest absolute Gasteiger partial charge is 0.376 e.